The number of hydrogen-bond donors (Lipinski definition) is 1. The molecule has 2 N–H and O–H groups in total. The number of imidazole rings is 1. The van der Waals surface area contributed by atoms with Crippen LogP contribution < -0.4 is 5.73 Å². The van der Waals surface area contributed by atoms with E-state index in [0.717, 1.165) is 23.7 Å². The summed E-state index contributed by atoms with van der Waals surface area (Å²) >= 11 is 0. The van der Waals surface area contributed by atoms with Crippen molar-refractivity contribution in [3.05, 3.63) is 30.2 Å². The number of nitrogens with zero attached hydrogens (tertiary/aromatic N) is 3. The molecule has 102 valence electrons. The number of nitrogens with two attached hydrogens (primary N) is 1. The van der Waals surface area contributed by atoms with Gasteiger partial charge in [0.15, 0.2) is 0 Å². The van der Waals surface area contributed by atoms with Crippen LogP contribution in [-0.4, -0.2) is 33.4 Å². The molecule has 0 aromatic carbocycles. The van der Waals surface area contributed by atoms with Crippen LogP contribution in [0.25, 0.3) is 5.65 Å². The third kappa shape index (κ3) is 2.59. The highest BCUT2D eigenvalue weighted by Crippen LogP contribution is 2.22. The van der Waals surface area contributed by atoms with Crippen LogP contribution in [0.4, 0.5) is 5.69 Å². The van der Waals surface area contributed by atoms with Crippen LogP contribution in [0.15, 0.2) is 24.5 Å². The van der Waals surface area contributed by atoms with Crippen molar-refractivity contribution in [3.8, 4) is 0 Å². The quantitative estimate of drug-likeness (QED) is 0.918. The van der Waals surface area contributed by atoms with E-state index >= 15 is 0 Å². The molecule has 2 aromatic rings. The zero-order valence-electron chi connectivity index (χ0n) is 11.7. The van der Waals surface area contributed by atoms with Gasteiger partial charge in [0.05, 0.1) is 5.69 Å². The summed E-state index contributed by atoms with van der Waals surface area (Å²) in [5.74, 6) is 0.740. The van der Waals surface area contributed by atoms with E-state index in [2.05, 4.69) is 34.3 Å². The van der Waals surface area contributed by atoms with Gasteiger partial charge in [-0.15, -0.1) is 0 Å². The SMILES string of the molecule is CC(C)N1CCC(Cc2cn3ccc(N)cc3n2)C1. The van der Waals surface area contributed by atoms with Crippen LogP contribution in [0, 0.1) is 5.92 Å². The van der Waals surface area contributed by atoms with Gasteiger partial charge in [0.2, 0.25) is 0 Å². The van der Waals surface area contributed by atoms with Crippen LogP contribution in [0.5, 0.6) is 0 Å². The summed E-state index contributed by atoms with van der Waals surface area (Å²) < 4.78 is 2.06. The van der Waals surface area contributed by atoms with Gasteiger partial charge >= 0.3 is 0 Å². The number of nitrogen functional groups attached to an aromatic ring is 1. The Morgan fingerprint density at radius 3 is 3.05 bits per heavy atom. The lowest BCUT2D eigenvalue weighted by Crippen LogP contribution is -2.28. The van der Waals surface area contributed by atoms with E-state index in [1.807, 2.05) is 18.3 Å². The van der Waals surface area contributed by atoms with Crippen molar-refractivity contribution in [3.63, 3.8) is 0 Å². The zero-order valence-corrected chi connectivity index (χ0v) is 11.7. The topological polar surface area (TPSA) is 46.6 Å². The fraction of sp³-hybridized carbons (Fsp3) is 0.533. The van der Waals surface area contributed by atoms with E-state index in [1.54, 1.807) is 0 Å². The van der Waals surface area contributed by atoms with Crippen LogP contribution in [0.3, 0.4) is 0 Å². The predicted octanol–water partition coefficient (Wildman–Crippen LogP) is 2.19. The summed E-state index contributed by atoms with van der Waals surface area (Å²) in [6.07, 6.45) is 6.47. The molecule has 4 nitrogen and oxygen atoms in total. The average molecular weight is 258 g/mol. The third-order valence-electron chi connectivity index (χ3n) is 4.08. The van der Waals surface area contributed by atoms with Gasteiger partial charge in [-0.1, -0.05) is 0 Å². The predicted molar refractivity (Wildman–Crippen MR) is 78.1 cm³/mol. The van der Waals surface area contributed by atoms with Gasteiger partial charge in [0, 0.05) is 36.7 Å². The van der Waals surface area contributed by atoms with Crippen molar-refractivity contribution in [1.29, 1.82) is 0 Å². The Balaban J connectivity index is 1.72. The Hall–Kier alpha value is -1.55. The summed E-state index contributed by atoms with van der Waals surface area (Å²) in [4.78, 5) is 7.23. The minimum Gasteiger partial charge on any atom is -0.399 e. The molecule has 1 aliphatic rings. The van der Waals surface area contributed by atoms with Gasteiger partial charge in [-0.05, 0) is 45.2 Å². The molecular formula is C15H22N4. The molecule has 0 aliphatic carbocycles. The van der Waals surface area contributed by atoms with E-state index in [4.69, 9.17) is 5.73 Å². The van der Waals surface area contributed by atoms with Crippen LogP contribution >= 0.6 is 0 Å². The molecule has 1 aliphatic heterocycles. The highest BCUT2D eigenvalue weighted by Gasteiger charge is 2.24. The van der Waals surface area contributed by atoms with E-state index in [-0.39, 0.29) is 0 Å². The Labute approximate surface area is 114 Å². The van der Waals surface area contributed by atoms with Crippen molar-refractivity contribution in [2.75, 3.05) is 18.8 Å². The lowest BCUT2D eigenvalue weighted by molar-refractivity contribution is 0.265. The van der Waals surface area contributed by atoms with Gasteiger partial charge in [0.1, 0.15) is 5.65 Å². The van der Waals surface area contributed by atoms with Gasteiger partial charge in [-0.3, -0.25) is 0 Å². The molecule has 1 unspecified atom stereocenters. The lowest BCUT2D eigenvalue weighted by atomic mass is 10.0. The fourth-order valence-electron chi connectivity index (χ4n) is 2.94. The minimum absolute atomic E-state index is 0.658. The largest absolute Gasteiger partial charge is 0.399 e. The smallest absolute Gasteiger partial charge is 0.139 e. The molecule has 0 radical (unpaired) electrons. The highest BCUT2D eigenvalue weighted by molar-refractivity contribution is 5.52. The Morgan fingerprint density at radius 1 is 1.47 bits per heavy atom. The van der Waals surface area contributed by atoms with Crippen molar-refractivity contribution in [2.24, 2.45) is 5.92 Å². The normalized spacial score (nSPS) is 20.7. The molecule has 1 saturated heterocycles. The van der Waals surface area contributed by atoms with E-state index in [9.17, 15) is 0 Å². The first-order valence-electron chi connectivity index (χ1n) is 7.09. The molecule has 4 heteroatoms. The molecule has 2 aromatic heterocycles. The zero-order chi connectivity index (χ0) is 13.4. The first kappa shape index (κ1) is 12.5. The number of fused-ring (bicyclic) bond motifs is 1. The van der Waals surface area contributed by atoms with Crippen molar-refractivity contribution in [1.82, 2.24) is 14.3 Å². The number of likely N-dealkylation sites (tertiary alicyclic amines) is 1. The van der Waals surface area contributed by atoms with Crippen LogP contribution in [0.2, 0.25) is 0 Å². The summed E-state index contributed by atoms with van der Waals surface area (Å²) in [5.41, 5.74) is 8.70. The summed E-state index contributed by atoms with van der Waals surface area (Å²) in [6.45, 7) is 6.97. The van der Waals surface area contributed by atoms with Crippen LogP contribution in [0.1, 0.15) is 26.0 Å². The molecule has 1 fully saturated rings. The number of anilines is 1. The molecule has 0 bridgehead atoms. The van der Waals surface area contributed by atoms with Gasteiger partial charge < -0.3 is 15.0 Å². The molecule has 0 saturated carbocycles. The molecule has 19 heavy (non-hydrogen) atoms. The maximum Gasteiger partial charge on any atom is 0.139 e. The fourth-order valence-corrected chi connectivity index (χ4v) is 2.94. The number of hydrogen-bond acceptors (Lipinski definition) is 3. The Bertz CT molecular complexity index is 573. The summed E-state index contributed by atoms with van der Waals surface area (Å²) in [6, 6.07) is 4.50. The second-order valence-corrected chi connectivity index (χ2v) is 5.91. The molecule has 0 amide bonds. The van der Waals surface area contributed by atoms with Gasteiger partial charge in [0.25, 0.3) is 0 Å². The second kappa shape index (κ2) is 4.85. The van der Waals surface area contributed by atoms with E-state index in [0.29, 0.717) is 6.04 Å². The van der Waals surface area contributed by atoms with Gasteiger partial charge in [-0.25, -0.2) is 4.98 Å². The van der Waals surface area contributed by atoms with Crippen molar-refractivity contribution >= 4 is 11.3 Å². The average Bonchev–Trinajstić information content (AvgIpc) is 2.95. The molecule has 0 spiro atoms. The molecule has 3 heterocycles. The Kier molecular flexibility index (Phi) is 3.19. The maximum absolute atomic E-state index is 5.79. The minimum atomic E-state index is 0.658. The molecule has 3 rings (SSSR count). The standard InChI is InChI=1S/C15H22N4/c1-11(2)18-5-3-12(9-18)7-14-10-19-6-4-13(16)8-15(19)17-14/h4,6,8,10-12H,3,5,7,9,16H2,1-2H3. The van der Waals surface area contributed by atoms with Crippen molar-refractivity contribution < 1.29 is 0 Å². The monoisotopic (exact) mass is 258 g/mol. The number of aromatic nitrogens is 2. The first-order valence-corrected chi connectivity index (χ1v) is 7.09. The van der Waals surface area contributed by atoms with Crippen molar-refractivity contribution in [2.45, 2.75) is 32.7 Å². The molecule has 1 atom stereocenters. The maximum atomic E-state index is 5.79. The summed E-state index contributed by atoms with van der Waals surface area (Å²) in [7, 11) is 0. The van der Waals surface area contributed by atoms with Gasteiger partial charge in [-0.2, -0.15) is 0 Å². The second-order valence-electron chi connectivity index (χ2n) is 5.91. The summed E-state index contributed by atoms with van der Waals surface area (Å²) in [5, 5.41) is 0. The van der Waals surface area contributed by atoms with E-state index < -0.39 is 0 Å². The number of rotatable bonds is 3. The highest BCUT2D eigenvalue weighted by atomic mass is 15.2. The Morgan fingerprint density at radius 2 is 2.32 bits per heavy atom. The first-order chi connectivity index (χ1) is 9.11. The van der Waals surface area contributed by atoms with E-state index in [1.165, 1.54) is 25.2 Å². The number of pyridine rings is 1. The van der Waals surface area contributed by atoms with Crippen LogP contribution in [-0.2, 0) is 6.42 Å². The molecular weight excluding hydrogens is 236 g/mol. The third-order valence-corrected chi connectivity index (χ3v) is 4.08. The lowest BCUT2D eigenvalue weighted by Gasteiger charge is -2.19.